The third kappa shape index (κ3) is 6.29. The fourth-order valence-electron chi connectivity index (χ4n) is 1.02. The molecule has 0 aromatic heterocycles. The molecule has 0 bridgehead atoms. The predicted molar refractivity (Wildman–Crippen MR) is 73.8 cm³/mol. The number of guanidine groups is 1. The highest BCUT2D eigenvalue weighted by molar-refractivity contribution is 5.86. The van der Waals surface area contributed by atoms with E-state index in [1.807, 2.05) is 0 Å². The van der Waals surface area contributed by atoms with Crippen LogP contribution in [0.2, 0.25) is 0 Å². The van der Waals surface area contributed by atoms with E-state index in [4.69, 9.17) is 16.6 Å². The van der Waals surface area contributed by atoms with Gasteiger partial charge in [-0.2, -0.15) is 5.10 Å². The largest absolute Gasteiger partial charge is 0.478 e. The molecule has 0 fully saturated rings. The Bertz CT molecular complexity index is 476. The van der Waals surface area contributed by atoms with Crippen LogP contribution in [0.25, 0.3) is 6.08 Å². The van der Waals surface area contributed by atoms with Crippen LogP contribution in [-0.4, -0.2) is 23.2 Å². The molecule has 0 aliphatic carbocycles. The van der Waals surface area contributed by atoms with Crippen molar-refractivity contribution < 1.29 is 9.90 Å². The number of halogens is 1. The molecule has 6 nitrogen and oxygen atoms in total. The summed E-state index contributed by atoms with van der Waals surface area (Å²) in [6.07, 6.45) is 4.06. The molecule has 0 aliphatic rings. The fraction of sp³-hybridized carbons (Fsp3) is 0. The Morgan fingerprint density at radius 1 is 1.17 bits per heavy atom. The van der Waals surface area contributed by atoms with E-state index in [-0.39, 0.29) is 18.4 Å². The maximum Gasteiger partial charge on any atom is 0.328 e. The Labute approximate surface area is 110 Å². The van der Waals surface area contributed by atoms with Gasteiger partial charge >= 0.3 is 5.97 Å². The Balaban J connectivity index is 0.00000289. The Morgan fingerprint density at radius 2 is 1.72 bits per heavy atom. The van der Waals surface area contributed by atoms with E-state index in [1.54, 1.807) is 24.3 Å². The normalized spacial score (nSPS) is 10.2. The summed E-state index contributed by atoms with van der Waals surface area (Å²) < 4.78 is 0. The van der Waals surface area contributed by atoms with Crippen molar-refractivity contribution in [1.82, 2.24) is 0 Å². The van der Waals surface area contributed by atoms with Gasteiger partial charge in [-0.15, -0.1) is 17.5 Å². The molecule has 18 heavy (non-hydrogen) atoms. The zero-order valence-electron chi connectivity index (χ0n) is 9.35. The van der Waals surface area contributed by atoms with Crippen LogP contribution in [-0.2, 0) is 4.79 Å². The van der Waals surface area contributed by atoms with Crippen LogP contribution in [0.15, 0.2) is 40.5 Å². The second kappa shape index (κ2) is 7.86. The maximum absolute atomic E-state index is 10.3. The molecular formula is C11H13ClN4O2. The molecule has 1 rings (SSSR count). The van der Waals surface area contributed by atoms with Gasteiger partial charge in [-0.05, 0) is 17.2 Å². The van der Waals surface area contributed by atoms with Gasteiger partial charge in [0.05, 0.1) is 6.21 Å². The van der Waals surface area contributed by atoms with Crippen LogP contribution < -0.4 is 11.5 Å². The minimum Gasteiger partial charge on any atom is -0.478 e. The molecular weight excluding hydrogens is 256 g/mol. The van der Waals surface area contributed by atoms with Crippen molar-refractivity contribution in [2.24, 2.45) is 21.7 Å². The van der Waals surface area contributed by atoms with E-state index >= 15 is 0 Å². The molecule has 0 atom stereocenters. The molecule has 0 aliphatic heterocycles. The number of nitrogens with zero attached hydrogens (tertiary/aromatic N) is 2. The van der Waals surface area contributed by atoms with Gasteiger partial charge in [-0.3, -0.25) is 0 Å². The number of benzene rings is 1. The van der Waals surface area contributed by atoms with Crippen LogP contribution in [0, 0.1) is 0 Å². The third-order valence-corrected chi connectivity index (χ3v) is 1.73. The number of hydrogen-bond acceptors (Lipinski definition) is 3. The summed E-state index contributed by atoms with van der Waals surface area (Å²) in [4.78, 5) is 10.3. The molecule has 1 aromatic rings. The van der Waals surface area contributed by atoms with Gasteiger partial charge < -0.3 is 16.6 Å². The molecule has 0 radical (unpaired) electrons. The third-order valence-electron chi connectivity index (χ3n) is 1.73. The Kier molecular flexibility index (Phi) is 6.83. The lowest BCUT2D eigenvalue weighted by atomic mass is 10.1. The number of nitrogens with two attached hydrogens (primary N) is 2. The number of hydrogen-bond donors (Lipinski definition) is 3. The molecule has 96 valence electrons. The van der Waals surface area contributed by atoms with Crippen molar-refractivity contribution in [2.75, 3.05) is 0 Å². The summed E-state index contributed by atoms with van der Waals surface area (Å²) in [7, 11) is 0. The highest BCUT2D eigenvalue weighted by Gasteiger charge is 1.90. The van der Waals surface area contributed by atoms with E-state index in [2.05, 4.69) is 10.2 Å². The lowest BCUT2D eigenvalue weighted by Crippen LogP contribution is -2.21. The molecule has 0 saturated carbocycles. The van der Waals surface area contributed by atoms with Crippen LogP contribution in [0.1, 0.15) is 11.1 Å². The zero-order chi connectivity index (χ0) is 12.7. The monoisotopic (exact) mass is 268 g/mol. The molecule has 5 N–H and O–H groups in total. The summed E-state index contributed by atoms with van der Waals surface area (Å²) in [5.41, 5.74) is 11.8. The minimum atomic E-state index is -0.983. The molecule has 0 saturated heterocycles. The highest BCUT2D eigenvalue weighted by Crippen LogP contribution is 2.04. The summed E-state index contributed by atoms with van der Waals surface area (Å²) in [6, 6.07) is 7.06. The van der Waals surface area contributed by atoms with E-state index < -0.39 is 5.97 Å². The molecule has 7 heteroatoms. The minimum absolute atomic E-state index is 0. The Morgan fingerprint density at radius 3 is 2.22 bits per heavy atom. The maximum atomic E-state index is 10.3. The lowest BCUT2D eigenvalue weighted by molar-refractivity contribution is -0.131. The molecule has 0 amide bonds. The van der Waals surface area contributed by atoms with Gasteiger partial charge in [0, 0.05) is 6.08 Å². The van der Waals surface area contributed by atoms with Gasteiger partial charge in [0.2, 0.25) is 5.96 Å². The Hall–Kier alpha value is -2.34. The first-order chi connectivity index (χ1) is 8.08. The highest BCUT2D eigenvalue weighted by atomic mass is 35.5. The second-order valence-electron chi connectivity index (χ2n) is 3.11. The van der Waals surface area contributed by atoms with Crippen molar-refractivity contribution in [3.05, 3.63) is 41.5 Å². The number of carbonyl (C=O) groups is 1. The van der Waals surface area contributed by atoms with Gasteiger partial charge in [-0.1, -0.05) is 24.3 Å². The topological polar surface area (TPSA) is 114 Å². The summed E-state index contributed by atoms with van der Waals surface area (Å²) in [5, 5.41) is 15.5. The quantitative estimate of drug-likeness (QED) is 0.324. The number of carboxylic acid groups (broad SMARTS) is 1. The first-order valence-electron chi connectivity index (χ1n) is 4.71. The molecule has 0 heterocycles. The standard InChI is InChI=1S/C11H12N4O2.ClH/c12-11(13)15-14-7-9-3-1-8(2-4-9)5-6-10(16)17;/h1-7H,(H,16,17)(H4,12,13,15);1H. The smallest absolute Gasteiger partial charge is 0.328 e. The second-order valence-corrected chi connectivity index (χ2v) is 3.11. The first-order valence-corrected chi connectivity index (χ1v) is 4.71. The van der Waals surface area contributed by atoms with E-state index in [1.165, 1.54) is 12.3 Å². The zero-order valence-corrected chi connectivity index (χ0v) is 10.2. The average Bonchev–Trinajstić information content (AvgIpc) is 2.27. The molecule has 0 unspecified atom stereocenters. The average molecular weight is 269 g/mol. The van der Waals surface area contributed by atoms with Crippen molar-refractivity contribution in [3.63, 3.8) is 0 Å². The summed E-state index contributed by atoms with van der Waals surface area (Å²) in [6.45, 7) is 0. The van der Waals surface area contributed by atoms with Gasteiger partial charge in [0.15, 0.2) is 0 Å². The van der Waals surface area contributed by atoms with Crippen LogP contribution in [0.5, 0.6) is 0 Å². The van der Waals surface area contributed by atoms with Crippen LogP contribution >= 0.6 is 12.4 Å². The van der Waals surface area contributed by atoms with Gasteiger partial charge in [-0.25, -0.2) is 4.79 Å². The van der Waals surface area contributed by atoms with E-state index in [9.17, 15) is 4.79 Å². The predicted octanol–water partition coefficient (Wildman–Crippen LogP) is 0.813. The van der Waals surface area contributed by atoms with Crippen molar-refractivity contribution in [1.29, 1.82) is 0 Å². The van der Waals surface area contributed by atoms with Crippen LogP contribution in [0.3, 0.4) is 0 Å². The summed E-state index contributed by atoms with van der Waals surface area (Å²) in [5.74, 6) is -1.09. The number of aliphatic carboxylic acids is 1. The molecule has 0 spiro atoms. The van der Waals surface area contributed by atoms with Crippen molar-refractivity contribution in [3.8, 4) is 0 Å². The number of rotatable bonds is 4. The number of carboxylic acids is 1. The first kappa shape index (κ1) is 15.7. The van der Waals surface area contributed by atoms with Gasteiger partial charge in [0.25, 0.3) is 0 Å². The fourth-order valence-corrected chi connectivity index (χ4v) is 1.02. The molecule has 1 aromatic carbocycles. The summed E-state index contributed by atoms with van der Waals surface area (Å²) >= 11 is 0. The van der Waals surface area contributed by atoms with Crippen molar-refractivity contribution in [2.45, 2.75) is 0 Å². The van der Waals surface area contributed by atoms with Crippen molar-refractivity contribution >= 4 is 36.6 Å². The van der Waals surface area contributed by atoms with Crippen LogP contribution in [0.4, 0.5) is 0 Å². The van der Waals surface area contributed by atoms with E-state index in [0.29, 0.717) is 0 Å². The van der Waals surface area contributed by atoms with E-state index in [0.717, 1.165) is 17.2 Å². The SMILES string of the molecule is Cl.NC(N)=NN=Cc1ccc(C=CC(=O)O)cc1. The van der Waals surface area contributed by atoms with Gasteiger partial charge in [0.1, 0.15) is 0 Å². The lowest BCUT2D eigenvalue weighted by Gasteiger charge is -1.94.